The van der Waals surface area contributed by atoms with Crippen LogP contribution in [0, 0.1) is 6.92 Å². The first kappa shape index (κ1) is 13.5. The van der Waals surface area contributed by atoms with Gasteiger partial charge in [0.2, 0.25) is 10.0 Å². The van der Waals surface area contributed by atoms with Crippen molar-refractivity contribution >= 4 is 10.0 Å². The van der Waals surface area contributed by atoms with E-state index in [2.05, 4.69) is 20.2 Å². The lowest BCUT2D eigenvalue weighted by atomic mass is 10.00. The molecule has 0 saturated carbocycles. The summed E-state index contributed by atoms with van der Waals surface area (Å²) in [5, 5.41) is 9.74. The third kappa shape index (κ3) is 2.90. The molecule has 0 aliphatic carbocycles. The number of H-pyrrole nitrogens is 1. The van der Waals surface area contributed by atoms with Crippen molar-refractivity contribution in [3.63, 3.8) is 0 Å². The SMILES string of the molecule is Cc1[nH]ncc1S(=O)(=O)NC(C)C1CCCCN1. The highest BCUT2D eigenvalue weighted by Gasteiger charge is 2.26. The van der Waals surface area contributed by atoms with E-state index in [-0.39, 0.29) is 17.0 Å². The molecular formula is C11H20N4O2S. The van der Waals surface area contributed by atoms with Crippen LogP contribution in [0.1, 0.15) is 31.9 Å². The van der Waals surface area contributed by atoms with Crippen molar-refractivity contribution in [2.24, 2.45) is 0 Å². The van der Waals surface area contributed by atoms with E-state index >= 15 is 0 Å². The van der Waals surface area contributed by atoms with E-state index in [1.807, 2.05) is 6.92 Å². The molecule has 1 aliphatic heterocycles. The second kappa shape index (κ2) is 5.38. The van der Waals surface area contributed by atoms with Gasteiger partial charge < -0.3 is 5.32 Å². The maximum Gasteiger partial charge on any atom is 0.244 e. The predicted octanol–water partition coefficient (Wildman–Crippen LogP) is 0.527. The Morgan fingerprint density at radius 1 is 1.50 bits per heavy atom. The third-order valence-electron chi connectivity index (χ3n) is 3.37. The molecule has 1 aromatic rings. The summed E-state index contributed by atoms with van der Waals surface area (Å²) < 4.78 is 27.1. The monoisotopic (exact) mass is 272 g/mol. The normalized spacial score (nSPS) is 22.9. The number of aromatic nitrogens is 2. The minimum Gasteiger partial charge on any atom is -0.312 e. The molecule has 6 nitrogen and oxygen atoms in total. The van der Waals surface area contributed by atoms with Crippen molar-refractivity contribution in [3.8, 4) is 0 Å². The number of sulfonamides is 1. The topological polar surface area (TPSA) is 86.9 Å². The van der Waals surface area contributed by atoms with Crippen LogP contribution in [0.2, 0.25) is 0 Å². The molecule has 1 fully saturated rings. The van der Waals surface area contributed by atoms with Crippen LogP contribution < -0.4 is 10.0 Å². The molecule has 0 spiro atoms. The van der Waals surface area contributed by atoms with Crippen LogP contribution in [-0.4, -0.2) is 37.2 Å². The van der Waals surface area contributed by atoms with E-state index < -0.39 is 10.0 Å². The van der Waals surface area contributed by atoms with Gasteiger partial charge in [0, 0.05) is 12.1 Å². The third-order valence-corrected chi connectivity index (χ3v) is 5.04. The Hall–Kier alpha value is -0.920. The van der Waals surface area contributed by atoms with Gasteiger partial charge in [-0.2, -0.15) is 5.10 Å². The van der Waals surface area contributed by atoms with Crippen LogP contribution in [0.4, 0.5) is 0 Å². The van der Waals surface area contributed by atoms with Gasteiger partial charge in [-0.25, -0.2) is 13.1 Å². The van der Waals surface area contributed by atoms with Crippen LogP contribution in [0.15, 0.2) is 11.1 Å². The molecule has 0 radical (unpaired) electrons. The Labute approximate surface area is 108 Å². The number of hydrogen-bond acceptors (Lipinski definition) is 4. The van der Waals surface area contributed by atoms with Crippen LogP contribution >= 0.6 is 0 Å². The number of aromatic amines is 1. The summed E-state index contributed by atoms with van der Waals surface area (Å²) in [5.41, 5.74) is 0.561. The summed E-state index contributed by atoms with van der Waals surface area (Å²) in [4.78, 5) is 0.227. The van der Waals surface area contributed by atoms with Crippen molar-refractivity contribution in [1.29, 1.82) is 0 Å². The first-order chi connectivity index (χ1) is 8.50. The summed E-state index contributed by atoms with van der Waals surface area (Å²) in [6.45, 7) is 4.56. The molecule has 0 bridgehead atoms. The zero-order valence-corrected chi connectivity index (χ0v) is 11.5. The zero-order chi connectivity index (χ0) is 13.2. The molecule has 102 valence electrons. The van der Waals surface area contributed by atoms with Gasteiger partial charge in [-0.05, 0) is 33.2 Å². The lowest BCUT2D eigenvalue weighted by Crippen LogP contribution is -2.50. The largest absolute Gasteiger partial charge is 0.312 e. The van der Waals surface area contributed by atoms with E-state index in [9.17, 15) is 8.42 Å². The van der Waals surface area contributed by atoms with Crippen molar-refractivity contribution < 1.29 is 8.42 Å². The van der Waals surface area contributed by atoms with Gasteiger partial charge in [0.05, 0.1) is 11.9 Å². The maximum absolute atomic E-state index is 12.2. The van der Waals surface area contributed by atoms with Crippen LogP contribution in [0.3, 0.4) is 0 Å². The number of hydrogen-bond donors (Lipinski definition) is 3. The molecule has 0 aromatic carbocycles. The fraction of sp³-hybridized carbons (Fsp3) is 0.727. The lowest BCUT2D eigenvalue weighted by molar-refractivity contribution is 0.347. The van der Waals surface area contributed by atoms with Gasteiger partial charge in [-0.3, -0.25) is 5.10 Å². The molecule has 1 saturated heterocycles. The quantitative estimate of drug-likeness (QED) is 0.746. The van der Waals surface area contributed by atoms with Gasteiger partial charge >= 0.3 is 0 Å². The summed E-state index contributed by atoms with van der Waals surface area (Å²) in [6.07, 6.45) is 4.66. The average molecular weight is 272 g/mol. The fourth-order valence-electron chi connectivity index (χ4n) is 2.31. The highest BCUT2D eigenvalue weighted by Crippen LogP contribution is 2.15. The Morgan fingerprint density at radius 3 is 2.83 bits per heavy atom. The number of aryl methyl sites for hydroxylation is 1. The molecule has 18 heavy (non-hydrogen) atoms. The summed E-state index contributed by atoms with van der Waals surface area (Å²) >= 11 is 0. The first-order valence-electron chi connectivity index (χ1n) is 6.26. The summed E-state index contributed by atoms with van der Waals surface area (Å²) in [7, 11) is -3.48. The Morgan fingerprint density at radius 2 is 2.28 bits per heavy atom. The van der Waals surface area contributed by atoms with Crippen molar-refractivity contribution in [2.75, 3.05) is 6.54 Å². The van der Waals surface area contributed by atoms with Gasteiger partial charge in [-0.1, -0.05) is 6.42 Å². The molecule has 3 N–H and O–H groups in total. The van der Waals surface area contributed by atoms with Crippen molar-refractivity contribution in [1.82, 2.24) is 20.2 Å². The molecule has 1 aliphatic rings. The van der Waals surface area contributed by atoms with Gasteiger partial charge in [0.1, 0.15) is 4.90 Å². The van der Waals surface area contributed by atoms with Crippen LogP contribution in [-0.2, 0) is 10.0 Å². The predicted molar refractivity (Wildman–Crippen MR) is 68.7 cm³/mol. The second-order valence-electron chi connectivity index (χ2n) is 4.83. The minimum absolute atomic E-state index is 0.121. The Bertz CT molecular complexity index is 491. The number of rotatable bonds is 4. The number of nitrogens with zero attached hydrogens (tertiary/aromatic N) is 1. The van der Waals surface area contributed by atoms with Crippen LogP contribution in [0.25, 0.3) is 0 Å². The van der Waals surface area contributed by atoms with E-state index in [0.29, 0.717) is 5.69 Å². The maximum atomic E-state index is 12.2. The summed E-state index contributed by atoms with van der Waals surface area (Å²) in [5.74, 6) is 0. The molecule has 2 rings (SSSR count). The smallest absolute Gasteiger partial charge is 0.244 e. The number of piperidine rings is 1. The molecule has 2 heterocycles. The Balaban J connectivity index is 2.06. The number of nitrogens with one attached hydrogen (secondary N) is 3. The molecule has 7 heteroatoms. The summed E-state index contributed by atoms with van der Waals surface area (Å²) in [6, 6.07) is 0.0883. The minimum atomic E-state index is -3.48. The van der Waals surface area contributed by atoms with Crippen molar-refractivity contribution in [2.45, 2.75) is 50.1 Å². The highest BCUT2D eigenvalue weighted by molar-refractivity contribution is 7.89. The standard InChI is InChI=1S/C11H20N4O2S/c1-8(10-5-3-4-6-12-10)15-18(16,17)11-7-13-14-9(11)2/h7-8,10,12,15H,3-6H2,1-2H3,(H,13,14). The molecule has 2 atom stereocenters. The fourth-order valence-corrected chi connectivity index (χ4v) is 3.73. The average Bonchev–Trinajstić information content (AvgIpc) is 2.77. The molecule has 2 unspecified atom stereocenters. The Kier molecular flexibility index (Phi) is 4.04. The molecule has 0 amide bonds. The van der Waals surface area contributed by atoms with Crippen molar-refractivity contribution in [3.05, 3.63) is 11.9 Å². The van der Waals surface area contributed by atoms with Gasteiger partial charge in [0.15, 0.2) is 0 Å². The molecule has 1 aromatic heterocycles. The second-order valence-corrected chi connectivity index (χ2v) is 6.51. The van der Waals surface area contributed by atoms with E-state index in [1.165, 1.54) is 6.20 Å². The van der Waals surface area contributed by atoms with Gasteiger partial charge in [0.25, 0.3) is 0 Å². The lowest BCUT2D eigenvalue weighted by Gasteiger charge is -2.29. The first-order valence-corrected chi connectivity index (χ1v) is 7.75. The van der Waals surface area contributed by atoms with E-state index in [1.54, 1.807) is 6.92 Å². The zero-order valence-electron chi connectivity index (χ0n) is 10.7. The van der Waals surface area contributed by atoms with Crippen LogP contribution in [0.5, 0.6) is 0 Å². The van der Waals surface area contributed by atoms with Gasteiger partial charge in [-0.15, -0.1) is 0 Å². The highest BCUT2D eigenvalue weighted by atomic mass is 32.2. The van der Waals surface area contributed by atoms with E-state index in [4.69, 9.17) is 0 Å². The molecular weight excluding hydrogens is 252 g/mol. The van der Waals surface area contributed by atoms with E-state index in [0.717, 1.165) is 25.8 Å².